The van der Waals surface area contributed by atoms with Crippen molar-refractivity contribution in [1.29, 1.82) is 0 Å². The lowest BCUT2D eigenvalue weighted by molar-refractivity contribution is 0.403. The number of hydrogen-bond acceptors (Lipinski definition) is 3. The normalized spacial score (nSPS) is 12.6. The highest BCUT2D eigenvalue weighted by molar-refractivity contribution is 5.89. The molecule has 1 atom stereocenters. The smallest absolute Gasteiger partial charge is 0.221 e. The molecule has 0 aliphatic heterocycles. The van der Waals surface area contributed by atoms with Gasteiger partial charge in [0, 0.05) is 17.6 Å². The Morgan fingerprint density at radius 2 is 2.00 bits per heavy atom. The van der Waals surface area contributed by atoms with Crippen LogP contribution >= 0.6 is 0 Å². The molecule has 1 aromatic carbocycles. The van der Waals surface area contributed by atoms with Crippen LogP contribution in [0.4, 0.5) is 0 Å². The number of nitrogens with one attached hydrogen (secondary N) is 1. The molecule has 0 aliphatic rings. The van der Waals surface area contributed by atoms with E-state index < -0.39 is 0 Å². The van der Waals surface area contributed by atoms with Crippen molar-refractivity contribution in [2.24, 2.45) is 0 Å². The van der Waals surface area contributed by atoms with Crippen LogP contribution in [0.2, 0.25) is 0 Å². The third kappa shape index (κ3) is 2.24. The molecule has 1 unspecified atom stereocenters. The molecule has 0 saturated heterocycles. The van der Waals surface area contributed by atoms with E-state index in [1.807, 2.05) is 24.4 Å². The van der Waals surface area contributed by atoms with Gasteiger partial charge in [0.05, 0.1) is 7.11 Å². The van der Waals surface area contributed by atoms with Gasteiger partial charge in [0.1, 0.15) is 0 Å². The van der Waals surface area contributed by atoms with E-state index in [4.69, 9.17) is 4.74 Å². The highest BCUT2D eigenvalue weighted by Crippen LogP contribution is 2.28. The second kappa shape index (κ2) is 5.15. The van der Waals surface area contributed by atoms with Gasteiger partial charge in [-0.25, -0.2) is 4.98 Å². The van der Waals surface area contributed by atoms with Gasteiger partial charge in [-0.2, -0.15) is 0 Å². The first-order valence-electron chi connectivity index (χ1n) is 5.93. The van der Waals surface area contributed by atoms with E-state index in [1.165, 1.54) is 10.9 Å². The van der Waals surface area contributed by atoms with Crippen molar-refractivity contribution in [3.8, 4) is 5.88 Å². The first kappa shape index (κ1) is 11.9. The summed E-state index contributed by atoms with van der Waals surface area (Å²) >= 11 is 0. The Morgan fingerprint density at radius 3 is 2.65 bits per heavy atom. The van der Waals surface area contributed by atoms with E-state index >= 15 is 0 Å². The minimum absolute atomic E-state index is 0.295. The number of aromatic nitrogens is 1. The van der Waals surface area contributed by atoms with Gasteiger partial charge in [-0.05, 0) is 30.5 Å². The molecule has 0 aliphatic carbocycles. The van der Waals surface area contributed by atoms with Crippen LogP contribution in [0.15, 0.2) is 30.5 Å². The molecule has 0 saturated carbocycles. The molecule has 0 radical (unpaired) electrons. The Bertz CT molecular complexity index is 511. The van der Waals surface area contributed by atoms with Crippen LogP contribution in [-0.4, -0.2) is 18.6 Å². The van der Waals surface area contributed by atoms with Crippen molar-refractivity contribution in [2.75, 3.05) is 13.7 Å². The molecule has 2 aromatic rings. The van der Waals surface area contributed by atoms with Crippen molar-refractivity contribution < 1.29 is 4.74 Å². The summed E-state index contributed by atoms with van der Waals surface area (Å²) < 4.78 is 5.29. The maximum Gasteiger partial charge on any atom is 0.221 e. The predicted molar refractivity (Wildman–Crippen MR) is 70.4 cm³/mol. The van der Waals surface area contributed by atoms with Gasteiger partial charge in [0.2, 0.25) is 5.88 Å². The SMILES string of the molecule is CCNC(C)c1cnc(OC)c2ccccc12. The number of benzene rings is 1. The second-order valence-electron chi connectivity index (χ2n) is 4.05. The fraction of sp³-hybridized carbons (Fsp3) is 0.357. The summed E-state index contributed by atoms with van der Waals surface area (Å²) in [5.41, 5.74) is 1.21. The lowest BCUT2D eigenvalue weighted by atomic mass is 10.0. The second-order valence-corrected chi connectivity index (χ2v) is 4.05. The zero-order chi connectivity index (χ0) is 12.3. The molecule has 17 heavy (non-hydrogen) atoms. The van der Waals surface area contributed by atoms with Crippen LogP contribution in [0.25, 0.3) is 10.8 Å². The van der Waals surface area contributed by atoms with E-state index in [-0.39, 0.29) is 0 Å². The summed E-state index contributed by atoms with van der Waals surface area (Å²) in [7, 11) is 1.65. The van der Waals surface area contributed by atoms with Crippen molar-refractivity contribution >= 4 is 10.8 Å². The Labute approximate surface area is 102 Å². The Hall–Kier alpha value is -1.61. The van der Waals surface area contributed by atoms with Crippen LogP contribution in [0.3, 0.4) is 0 Å². The van der Waals surface area contributed by atoms with Gasteiger partial charge in [-0.1, -0.05) is 25.1 Å². The summed E-state index contributed by atoms with van der Waals surface area (Å²) in [5.74, 6) is 0.688. The molecule has 0 amide bonds. The number of hydrogen-bond donors (Lipinski definition) is 1. The number of methoxy groups -OCH3 is 1. The molecular weight excluding hydrogens is 212 g/mol. The number of pyridine rings is 1. The molecule has 90 valence electrons. The fourth-order valence-electron chi connectivity index (χ4n) is 2.11. The highest BCUT2D eigenvalue weighted by Gasteiger charge is 2.11. The number of nitrogens with zero attached hydrogens (tertiary/aromatic N) is 1. The summed E-state index contributed by atoms with van der Waals surface area (Å²) in [5, 5.41) is 5.68. The molecule has 1 heterocycles. The maximum absolute atomic E-state index is 5.29. The molecular formula is C14H18N2O. The maximum atomic E-state index is 5.29. The molecule has 3 nitrogen and oxygen atoms in total. The number of fused-ring (bicyclic) bond motifs is 1. The van der Waals surface area contributed by atoms with E-state index in [2.05, 4.69) is 30.2 Å². The average Bonchev–Trinajstić information content (AvgIpc) is 2.37. The average molecular weight is 230 g/mol. The minimum Gasteiger partial charge on any atom is -0.481 e. The van der Waals surface area contributed by atoms with Gasteiger partial charge < -0.3 is 10.1 Å². The van der Waals surface area contributed by atoms with Crippen LogP contribution in [-0.2, 0) is 0 Å². The molecule has 1 aromatic heterocycles. The molecule has 0 bridgehead atoms. The largest absolute Gasteiger partial charge is 0.481 e. The highest BCUT2D eigenvalue weighted by atomic mass is 16.5. The van der Waals surface area contributed by atoms with Crippen LogP contribution in [0, 0.1) is 0 Å². The quantitative estimate of drug-likeness (QED) is 0.877. The molecule has 0 fully saturated rings. The summed E-state index contributed by atoms with van der Waals surface area (Å²) in [6, 6.07) is 8.51. The third-order valence-corrected chi connectivity index (χ3v) is 2.96. The fourth-order valence-corrected chi connectivity index (χ4v) is 2.11. The lowest BCUT2D eigenvalue weighted by Gasteiger charge is -2.16. The summed E-state index contributed by atoms with van der Waals surface area (Å²) in [6.45, 7) is 5.20. The zero-order valence-electron chi connectivity index (χ0n) is 10.5. The van der Waals surface area contributed by atoms with E-state index in [1.54, 1.807) is 7.11 Å². The minimum atomic E-state index is 0.295. The van der Waals surface area contributed by atoms with Gasteiger partial charge in [-0.3, -0.25) is 0 Å². The lowest BCUT2D eigenvalue weighted by Crippen LogP contribution is -2.18. The first-order chi connectivity index (χ1) is 8.27. The summed E-state index contributed by atoms with van der Waals surface area (Å²) in [6.07, 6.45) is 1.90. The van der Waals surface area contributed by atoms with E-state index in [0.29, 0.717) is 11.9 Å². The first-order valence-corrected chi connectivity index (χ1v) is 5.93. The van der Waals surface area contributed by atoms with Crippen molar-refractivity contribution in [1.82, 2.24) is 10.3 Å². The molecule has 3 heteroatoms. The molecule has 2 rings (SSSR count). The number of rotatable bonds is 4. The molecule has 1 N–H and O–H groups in total. The van der Waals surface area contributed by atoms with Gasteiger partial charge >= 0.3 is 0 Å². The third-order valence-electron chi connectivity index (χ3n) is 2.96. The van der Waals surface area contributed by atoms with Gasteiger partial charge in [0.15, 0.2) is 0 Å². The van der Waals surface area contributed by atoms with Gasteiger partial charge in [0.25, 0.3) is 0 Å². The predicted octanol–water partition coefficient (Wildman–Crippen LogP) is 2.91. The monoisotopic (exact) mass is 230 g/mol. The molecule has 0 spiro atoms. The Kier molecular flexibility index (Phi) is 3.59. The van der Waals surface area contributed by atoms with Crippen LogP contribution < -0.4 is 10.1 Å². The summed E-state index contributed by atoms with van der Waals surface area (Å²) in [4.78, 5) is 4.37. The Morgan fingerprint density at radius 1 is 1.29 bits per heavy atom. The van der Waals surface area contributed by atoms with Crippen molar-refractivity contribution in [3.63, 3.8) is 0 Å². The van der Waals surface area contributed by atoms with Crippen LogP contribution in [0.5, 0.6) is 5.88 Å². The van der Waals surface area contributed by atoms with E-state index in [9.17, 15) is 0 Å². The van der Waals surface area contributed by atoms with Crippen LogP contribution in [0.1, 0.15) is 25.5 Å². The van der Waals surface area contributed by atoms with E-state index in [0.717, 1.165) is 11.9 Å². The number of ether oxygens (including phenoxy) is 1. The van der Waals surface area contributed by atoms with Crippen molar-refractivity contribution in [2.45, 2.75) is 19.9 Å². The van der Waals surface area contributed by atoms with Gasteiger partial charge in [-0.15, -0.1) is 0 Å². The topological polar surface area (TPSA) is 34.2 Å². The zero-order valence-corrected chi connectivity index (χ0v) is 10.5. The Balaban J connectivity index is 2.58. The standard InChI is InChI=1S/C14H18N2O/c1-4-15-10(2)13-9-16-14(17-3)12-8-6-5-7-11(12)13/h5-10,15H,4H2,1-3H3. The van der Waals surface area contributed by atoms with Crippen molar-refractivity contribution in [3.05, 3.63) is 36.0 Å².